The van der Waals surface area contributed by atoms with Gasteiger partial charge in [-0.15, -0.1) is 0 Å². The molecule has 0 saturated carbocycles. The lowest BCUT2D eigenvalue weighted by molar-refractivity contribution is 0.171. The lowest BCUT2D eigenvalue weighted by Crippen LogP contribution is -2.29. The summed E-state index contributed by atoms with van der Waals surface area (Å²) in [5.74, 6) is 4.09. The third-order valence-corrected chi connectivity index (χ3v) is 6.44. The first-order valence-electron chi connectivity index (χ1n) is 10.2. The highest BCUT2D eigenvalue weighted by Gasteiger charge is 2.45. The van der Waals surface area contributed by atoms with Crippen LogP contribution in [0, 0.1) is 11.8 Å². The van der Waals surface area contributed by atoms with Crippen LogP contribution in [-0.4, -0.2) is 56.8 Å². The highest BCUT2D eigenvalue weighted by molar-refractivity contribution is 5.43. The van der Waals surface area contributed by atoms with E-state index < -0.39 is 0 Å². The molecule has 0 radical (unpaired) electrons. The van der Waals surface area contributed by atoms with E-state index in [1.54, 1.807) is 7.11 Å². The molecular weight excluding hydrogens is 352 g/mol. The van der Waals surface area contributed by atoms with Gasteiger partial charge in [0.25, 0.3) is 0 Å². The predicted octanol–water partition coefficient (Wildman–Crippen LogP) is 3.20. The molecule has 2 aromatic rings. The molecule has 148 valence electrons. The van der Waals surface area contributed by atoms with E-state index in [-0.39, 0.29) is 0 Å². The van der Waals surface area contributed by atoms with Crippen molar-refractivity contribution in [1.29, 1.82) is 0 Å². The average Bonchev–Trinajstić information content (AvgIpc) is 3.23. The summed E-state index contributed by atoms with van der Waals surface area (Å²) in [5, 5.41) is 0. The fourth-order valence-corrected chi connectivity index (χ4v) is 5.23. The quantitative estimate of drug-likeness (QED) is 0.814. The zero-order valence-electron chi connectivity index (χ0n) is 16.6. The second-order valence-corrected chi connectivity index (χ2v) is 8.25. The molecule has 3 atom stereocenters. The van der Waals surface area contributed by atoms with E-state index in [4.69, 9.17) is 14.2 Å². The Kier molecular flexibility index (Phi) is 4.65. The maximum Gasteiger partial charge on any atom is 0.161 e. The van der Waals surface area contributed by atoms with Gasteiger partial charge in [0.05, 0.1) is 7.11 Å². The van der Waals surface area contributed by atoms with E-state index >= 15 is 0 Å². The number of likely N-dealkylation sites (tertiary alicyclic amines) is 2. The largest absolute Gasteiger partial charge is 0.497 e. The lowest BCUT2D eigenvalue weighted by Gasteiger charge is -2.27. The van der Waals surface area contributed by atoms with Crippen LogP contribution in [0.4, 0.5) is 0 Å². The molecule has 5 rings (SSSR count). The van der Waals surface area contributed by atoms with Crippen molar-refractivity contribution in [3.63, 3.8) is 0 Å². The van der Waals surface area contributed by atoms with Crippen LogP contribution < -0.4 is 14.2 Å². The van der Waals surface area contributed by atoms with Crippen LogP contribution in [0.5, 0.6) is 17.2 Å². The number of methoxy groups -OCH3 is 1. The summed E-state index contributed by atoms with van der Waals surface area (Å²) in [4.78, 5) is 5.13. The Morgan fingerprint density at radius 2 is 1.75 bits per heavy atom. The molecule has 2 saturated heterocycles. The van der Waals surface area contributed by atoms with Gasteiger partial charge in [-0.25, -0.2) is 0 Å². The summed E-state index contributed by atoms with van der Waals surface area (Å²) in [6.45, 7) is 5.72. The van der Waals surface area contributed by atoms with Gasteiger partial charge in [-0.3, -0.25) is 9.80 Å². The molecule has 0 unspecified atom stereocenters. The van der Waals surface area contributed by atoms with E-state index in [0.717, 1.165) is 42.8 Å². The topological polar surface area (TPSA) is 34.2 Å². The first kappa shape index (κ1) is 17.8. The summed E-state index contributed by atoms with van der Waals surface area (Å²) in [6, 6.07) is 15.5. The van der Waals surface area contributed by atoms with Gasteiger partial charge in [0.15, 0.2) is 11.5 Å². The van der Waals surface area contributed by atoms with Crippen LogP contribution >= 0.6 is 0 Å². The van der Waals surface area contributed by atoms with E-state index in [2.05, 4.69) is 59.3 Å². The van der Waals surface area contributed by atoms with Gasteiger partial charge < -0.3 is 14.2 Å². The molecule has 28 heavy (non-hydrogen) atoms. The second kappa shape index (κ2) is 7.30. The first-order valence-corrected chi connectivity index (χ1v) is 10.2. The molecule has 0 bridgehead atoms. The van der Waals surface area contributed by atoms with Crippen LogP contribution in [0.1, 0.15) is 17.2 Å². The van der Waals surface area contributed by atoms with Crippen molar-refractivity contribution in [2.45, 2.75) is 12.6 Å². The van der Waals surface area contributed by atoms with Crippen LogP contribution in [-0.2, 0) is 6.54 Å². The molecule has 2 aromatic carbocycles. The number of ether oxygens (including phenoxy) is 3. The molecule has 3 heterocycles. The van der Waals surface area contributed by atoms with Crippen molar-refractivity contribution in [1.82, 2.24) is 9.80 Å². The third-order valence-electron chi connectivity index (χ3n) is 6.44. The van der Waals surface area contributed by atoms with E-state index in [1.807, 2.05) is 0 Å². The molecule has 3 aliphatic heterocycles. The highest BCUT2D eigenvalue weighted by atomic mass is 16.6. The maximum absolute atomic E-state index is 5.75. The normalized spacial score (nSPS) is 27.0. The smallest absolute Gasteiger partial charge is 0.161 e. The minimum Gasteiger partial charge on any atom is -0.497 e. The molecule has 0 spiro atoms. The number of hydrogen-bond donors (Lipinski definition) is 0. The number of benzene rings is 2. The zero-order valence-corrected chi connectivity index (χ0v) is 16.6. The second-order valence-electron chi connectivity index (χ2n) is 8.25. The Hall–Kier alpha value is -2.24. The van der Waals surface area contributed by atoms with Crippen LogP contribution in [0.2, 0.25) is 0 Å². The standard InChI is InChI=1S/C23H28N2O3/c1-24-13-18-14-25(12-16-3-8-21-22(11-16)28-10-9-27-21)15-20(18)23(24)17-4-6-19(26-2)7-5-17/h3-8,11,18,20,23H,9-10,12-15H2,1-2H3/t18-,20+,23-/m0/s1. The molecule has 0 amide bonds. The van der Waals surface area contributed by atoms with Crippen LogP contribution in [0.25, 0.3) is 0 Å². The molecular formula is C23H28N2O3. The SMILES string of the molecule is COc1ccc([C@H]2[C@@H]3CN(Cc4ccc5c(c4)OCCO5)C[C@@H]3CN2C)cc1. The van der Waals surface area contributed by atoms with Gasteiger partial charge in [-0.1, -0.05) is 18.2 Å². The number of nitrogens with zero attached hydrogens (tertiary/aromatic N) is 2. The van der Waals surface area contributed by atoms with E-state index in [9.17, 15) is 0 Å². The zero-order chi connectivity index (χ0) is 19.1. The van der Waals surface area contributed by atoms with Gasteiger partial charge >= 0.3 is 0 Å². The molecule has 5 heteroatoms. The summed E-state index contributed by atoms with van der Waals surface area (Å²) in [7, 11) is 3.98. The van der Waals surface area contributed by atoms with Gasteiger partial charge in [0.2, 0.25) is 0 Å². The van der Waals surface area contributed by atoms with Gasteiger partial charge in [0.1, 0.15) is 19.0 Å². The highest BCUT2D eigenvalue weighted by Crippen LogP contribution is 2.44. The average molecular weight is 380 g/mol. The summed E-state index contributed by atoms with van der Waals surface area (Å²) in [6.07, 6.45) is 0. The minimum atomic E-state index is 0.487. The Morgan fingerprint density at radius 1 is 0.964 bits per heavy atom. The monoisotopic (exact) mass is 380 g/mol. The van der Waals surface area contributed by atoms with Gasteiger partial charge in [0, 0.05) is 32.2 Å². The Morgan fingerprint density at radius 3 is 2.54 bits per heavy atom. The van der Waals surface area contributed by atoms with E-state index in [0.29, 0.717) is 25.2 Å². The molecule has 5 nitrogen and oxygen atoms in total. The first-order chi connectivity index (χ1) is 13.7. The van der Waals surface area contributed by atoms with Crippen molar-refractivity contribution in [3.8, 4) is 17.2 Å². The predicted molar refractivity (Wildman–Crippen MR) is 108 cm³/mol. The van der Waals surface area contributed by atoms with E-state index in [1.165, 1.54) is 17.7 Å². The fraction of sp³-hybridized carbons (Fsp3) is 0.478. The van der Waals surface area contributed by atoms with Crippen LogP contribution in [0.15, 0.2) is 42.5 Å². The molecule has 2 fully saturated rings. The molecule has 3 aliphatic rings. The van der Waals surface area contributed by atoms with Gasteiger partial charge in [-0.2, -0.15) is 0 Å². The lowest BCUT2D eigenvalue weighted by atomic mass is 9.89. The summed E-state index contributed by atoms with van der Waals surface area (Å²) < 4.78 is 16.7. The summed E-state index contributed by atoms with van der Waals surface area (Å²) in [5.41, 5.74) is 2.70. The fourth-order valence-electron chi connectivity index (χ4n) is 5.23. The Balaban J connectivity index is 1.29. The Bertz CT molecular complexity index is 838. The van der Waals surface area contributed by atoms with Crippen molar-refractivity contribution in [3.05, 3.63) is 53.6 Å². The van der Waals surface area contributed by atoms with Crippen molar-refractivity contribution < 1.29 is 14.2 Å². The number of hydrogen-bond acceptors (Lipinski definition) is 5. The summed E-state index contributed by atoms with van der Waals surface area (Å²) >= 11 is 0. The molecule has 0 N–H and O–H groups in total. The van der Waals surface area contributed by atoms with Gasteiger partial charge in [-0.05, 0) is 54.3 Å². The third kappa shape index (κ3) is 3.23. The molecule has 0 aromatic heterocycles. The minimum absolute atomic E-state index is 0.487. The maximum atomic E-state index is 5.75. The van der Waals surface area contributed by atoms with Crippen molar-refractivity contribution >= 4 is 0 Å². The molecule has 0 aliphatic carbocycles. The number of rotatable bonds is 4. The van der Waals surface area contributed by atoms with Crippen LogP contribution in [0.3, 0.4) is 0 Å². The van der Waals surface area contributed by atoms with Crippen molar-refractivity contribution in [2.75, 3.05) is 47.0 Å². The van der Waals surface area contributed by atoms with Crippen molar-refractivity contribution in [2.24, 2.45) is 11.8 Å². The number of fused-ring (bicyclic) bond motifs is 2. The Labute approximate surface area is 166 Å².